The molecule has 0 aliphatic heterocycles. The van der Waals surface area contributed by atoms with Crippen molar-refractivity contribution in [3.05, 3.63) is 29.6 Å². The second-order valence-corrected chi connectivity index (χ2v) is 5.10. The van der Waals surface area contributed by atoms with E-state index in [1.54, 1.807) is 6.26 Å². The summed E-state index contributed by atoms with van der Waals surface area (Å²) in [6.45, 7) is 0.370. The lowest BCUT2D eigenvalue weighted by Gasteiger charge is -2.06. The number of rotatable bonds is 5. The number of carbonyl (C=O) groups is 1. The van der Waals surface area contributed by atoms with Crippen molar-refractivity contribution >= 4 is 16.7 Å². The standard InChI is InChI=1S/C11H14FNO3S/c1-17(16)6-2-5-13-11(15)9-4-3-8(12)7-10(9)14/h3-4,7,14H,2,5-6H2,1H3,(H,13,15). The average molecular weight is 259 g/mol. The fourth-order valence-corrected chi connectivity index (χ4v) is 1.82. The van der Waals surface area contributed by atoms with Crippen molar-refractivity contribution in [2.75, 3.05) is 18.6 Å². The van der Waals surface area contributed by atoms with Gasteiger partial charge in [0.15, 0.2) is 0 Å². The van der Waals surface area contributed by atoms with Gasteiger partial charge >= 0.3 is 0 Å². The van der Waals surface area contributed by atoms with Crippen LogP contribution in [0.15, 0.2) is 18.2 Å². The van der Waals surface area contributed by atoms with Gasteiger partial charge in [-0.3, -0.25) is 9.00 Å². The lowest BCUT2D eigenvalue weighted by atomic mass is 10.2. The smallest absolute Gasteiger partial charge is 0.255 e. The number of nitrogens with one attached hydrogen (secondary N) is 1. The normalized spacial score (nSPS) is 12.1. The maximum atomic E-state index is 12.7. The van der Waals surface area contributed by atoms with E-state index in [0.29, 0.717) is 18.7 Å². The first kappa shape index (κ1) is 13.6. The Bertz CT molecular complexity index is 437. The van der Waals surface area contributed by atoms with Crippen LogP contribution in [-0.2, 0) is 10.8 Å². The highest BCUT2D eigenvalue weighted by atomic mass is 32.2. The average Bonchev–Trinajstić information content (AvgIpc) is 2.23. The van der Waals surface area contributed by atoms with Crippen LogP contribution in [0.3, 0.4) is 0 Å². The molecule has 6 heteroatoms. The minimum Gasteiger partial charge on any atom is -0.507 e. The summed E-state index contributed by atoms with van der Waals surface area (Å²) in [6, 6.07) is 3.21. The van der Waals surface area contributed by atoms with Crippen LogP contribution in [-0.4, -0.2) is 33.8 Å². The van der Waals surface area contributed by atoms with E-state index in [1.807, 2.05) is 0 Å². The molecular weight excluding hydrogens is 245 g/mol. The molecule has 17 heavy (non-hydrogen) atoms. The monoisotopic (exact) mass is 259 g/mol. The molecule has 0 aliphatic carbocycles. The Morgan fingerprint density at radius 1 is 1.53 bits per heavy atom. The van der Waals surface area contributed by atoms with E-state index < -0.39 is 22.5 Å². The summed E-state index contributed by atoms with van der Waals surface area (Å²) in [5.41, 5.74) is 0.0315. The molecule has 1 rings (SSSR count). The van der Waals surface area contributed by atoms with Crippen molar-refractivity contribution in [2.45, 2.75) is 6.42 Å². The van der Waals surface area contributed by atoms with Crippen LogP contribution in [0.2, 0.25) is 0 Å². The lowest BCUT2D eigenvalue weighted by Crippen LogP contribution is -2.25. The van der Waals surface area contributed by atoms with Gasteiger partial charge in [-0.1, -0.05) is 0 Å². The predicted octanol–water partition coefficient (Wildman–Crippen LogP) is 1.03. The minimum atomic E-state index is -0.883. The highest BCUT2D eigenvalue weighted by Gasteiger charge is 2.10. The number of benzene rings is 1. The van der Waals surface area contributed by atoms with Gasteiger partial charge in [0.2, 0.25) is 0 Å². The molecule has 94 valence electrons. The van der Waals surface area contributed by atoms with Gasteiger partial charge in [-0.15, -0.1) is 0 Å². The second kappa shape index (κ2) is 6.34. The highest BCUT2D eigenvalue weighted by Crippen LogP contribution is 2.17. The quantitative estimate of drug-likeness (QED) is 0.776. The Kier molecular flexibility index (Phi) is 5.09. The predicted molar refractivity (Wildman–Crippen MR) is 63.9 cm³/mol. The minimum absolute atomic E-state index is 0.0315. The second-order valence-electron chi connectivity index (χ2n) is 3.55. The summed E-state index contributed by atoms with van der Waals surface area (Å²) in [4.78, 5) is 11.6. The van der Waals surface area contributed by atoms with E-state index in [4.69, 9.17) is 0 Å². The summed E-state index contributed by atoms with van der Waals surface area (Å²) in [6.07, 6.45) is 2.18. The van der Waals surface area contributed by atoms with Crippen molar-refractivity contribution < 1.29 is 18.5 Å². The summed E-state index contributed by atoms with van der Waals surface area (Å²) in [5.74, 6) is -0.943. The number of amides is 1. The number of halogens is 1. The van der Waals surface area contributed by atoms with Crippen LogP contribution < -0.4 is 5.32 Å². The van der Waals surface area contributed by atoms with Gasteiger partial charge in [-0.05, 0) is 18.6 Å². The molecule has 1 unspecified atom stereocenters. The van der Waals surface area contributed by atoms with Crippen molar-refractivity contribution in [2.24, 2.45) is 0 Å². The lowest BCUT2D eigenvalue weighted by molar-refractivity contribution is 0.0951. The number of hydrogen-bond donors (Lipinski definition) is 2. The summed E-state index contributed by atoms with van der Waals surface area (Å²) in [7, 11) is -0.883. The van der Waals surface area contributed by atoms with Gasteiger partial charge < -0.3 is 10.4 Å². The van der Waals surface area contributed by atoms with E-state index in [-0.39, 0.29) is 11.3 Å². The summed E-state index contributed by atoms with van der Waals surface area (Å²) < 4.78 is 23.4. The maximum absolute atomic E-state index is 12.7. The van der Waals surface area contributed by atoms with Gasteiger partial charge in [0.05, 0.1) is 5.56 Å². The zero-order valence-corrected chi connectivity index (χ0v) is 10.2. The van der Waals surface area contributed by atoms with Crippen LogP contribution in [0, 0.1) is 5.82 Å². The first-order chi connectivity index (χ1) is 8.00. The molecule has 1 aromatic rings. The molecule has 1 atom stereocenters. The molecule has 0 aromatic heterocycles. The highest BCUT2D eigenvalue weighted by molar-refractivity contribution is 7.84. The van der Waals surface area contributed by atoms with Crippen molar-refractivity contribution in [3.63, 3.8) is 0 Å². The molecule has 0 fully saturated rings. The molecule has 1 amide bonds. The summed E-state index contributed by atoms with van der Waals surface area (Å²) in [5, 5.41) is 11.9. The van der Waals surface area contributed by atoms with Crippen LogP contribution in [0.4, 0.5) is 4.39 Å². The third-order valence-electron chi connectivity index (χ3n) is 2.10. The first-order valence-electron chi connectivity index (χ1n) is 5.07. The number of carbonyl (C=O) groups excluding carboxylic acids is 1. The number of phenolic OH excluding ortho intramolecular Hbond substituents is 1. The largest absolute Gasteiger partial charge is 0.507 e. The van der Waals surface area contributed by atoms with Gasteiger partial charge in [0.1, 0.15) is 11.6 Å². The Morgan fingerprint density at radius 2 is 2.24 bits per heavy atom. The van der Waals surface area contributed by atoms with Crippen molar-refractivity contribution in [1.29, 1.82) is 0 Å². The van der Waals surface area contributed by atoms with Gasteiger partial charge in [0, 0.05) is 35.4 Å². The zero-order chi connectivity index (χ0) is 12.8. The van der Waals surface area contributed by atoms with Gasteiger partial charge in [-0.2, -0.15) is 0 Å². The number of phenols is 1. The molecule has 0 radical (unpaired) electrons. The van der Waals surface area contributed by atoms with Crippen LogP contribution >= 0.6 is 0 Å². The summed E-state index contributed by atoms with van der Waals surface area (Å²) >= 11 is 0. The Balaban J connectivity index is 2.50. The van der Waals surface area contributed by atoms with E-state index in [9.17, 15) is 18.5 Å². The molecule has 2 N–H and O–H groups in total. The van der Waals surface area contributed by atoms with Gasteiger partial charge in [-0.25, -0.2) is 4.39 Å². The Hall–Kier alpha value is -1.43. The molecule has 0 aliphatic rings. The molecule has 0 saturated heterocycles. The topological polar surface area (TPSA) is 66.4 Å². The number of aromatic hydroxyl groups is 1. The van der Waals surface area contributed by atoms with E-state index in [0.717, 1.165) is 12.1 Å². The fourth-order valence-electron chi connectivity index (χ4n) is 1.27. The van der Waals surface area contributed by atoms with Crippen LogP contribution in [0.1, 0.15) is 16.8 Å². The van der Waals surface area contributed by atoms with E-state index >= 15 is 0 Å². The fraction of sp³-hybridized carbons (Fsp3) is 0.364. The molecule has 0 heterocycles. The Morgan fingerprint density at radius 3 is 2.82 bits per heavy atom. The molecular formula is C11H14FNO3S. The van der Waals surface area contributed by atoms with E-state index in [2.05, 4.69) is 5.32 Å². The first-order valence-corrected chi connectivity index (χ1v) is 6.80. The molecule has 4 nitrogen and oxygen atoms in total. The molecule has 0 saturated carbocycles. The Labute approximate surface area is 101 Å². The molecule has 1 aromatic carbocycles. The third kappa shape index (κ3) is 4.52. The zero-order valence-electron chi connectivity index (χ0n) is 9.40. The number of hydrogen-bond acceptors (Lipinski definition) is 3. The third-order valence-corrected chi connectivity index (χ3v) is 2.96. The van der Waals surface area contributed by atoms with Gasteiger partial charge in [0.25, 0.3) is 5.91 Å². The van der Waals surface area contributed by atoms with Crippen molar-refractivity contribution in [1.82, 2.24) is 5.32 Å². The molecule has 0 bridgehead atoms. The molecule has 0 spiro atoms. The van der Waals surface area contributed by atoms with Crippen molar-refractivity contribution in [3.8, 4) is 5.75 Å². The van der Waals surface area contributed by atoms with Crippen LogP contribution in [0.25, 0.3) is 0 Å². The van der Waals surface area contributed by atoms with E-state index in [1.165, 1.54) is 6.07 Å². The maximum Gasteiger partial charge on any atom is 0.255 e. The SMILES string of the molecule is CS(=O)CCCNC(=O)c1ccc(F)cc1O. The van der Waals surface area contributed by atoms with Crippen LogP contribution in [0.5, 0.6) is 5.75 Å².